The molecule has 4 fully saturated rings. The molecular formula is C22H30N3O+. The molecule has 4 bridgehead atoms. The lowest BCUT2D eigenvalue weighted by atomic mass is 9.48. The van der Waals surface area contributed by atoms with E-state index in [0.717, 1.165) is 17.8 Å². The third kappa shape index (κ3) is 3.14. The van der Waals surface area contributed by atoms with Crippen LogP contribution in [0.3, 0.4) is 0 Å². The zero-order chi connectivity index (χ0) is 18.3. The first-order chi connectivity index (χ1) is 12.5. The Balaban J connectivity index is 1.40. The number of nitrogens with zero attached hydrogens (tertiary/aromatic N) is 1. The van der Waals surface area contributed by atoms with Gasteiger partial charge in [0.2, 0.25) is 0 Å². The van der Waals surface area contributed by atoms with Crippen molar-refractivity contribution in [3.05, 3.63) is 29.8 Å². The Morgan fingerprint density at radius 1 is 1.15 bits per heavy atom. The van der Waals surface area contributed by atoms with E-state index in [0.29, 0.717) is 22.7 Å². The second kappa shape index (κ2) is 6.70. The Bertz CT molecular complexity index is 700. The molecule has 2 atom stereocenters. The molecule has 3 N–H and O–H groups in total. The Labute approximate surface area is 156 Å². The van der Waals surface area contributed by atoms with Crippen LogP contribution in [0.1, 0.15) is 57.9 Å². The highest BCUT2D eigenvalue weighted by atomic mass is 16.2. The summed E-state index contributed by atoms with van der Waals surface area (Å²) in [5, 5.41) is 14.4. The molecule has 0 aromatic heterocycles. The van der Waals surface area contributed by atoms with E-state index in [-0.39, 0.29) is 11.9 Å². The van der Waals surface area contributed by atoms with E-state index < -0.39 is 0 Å². The molecule has 26 heavy (non-hydrogen) atoms. The second-order valence-electron chi connectivity index (χ2n) is 9.20. The number of hydrogen-bond donors (Lipinski definition) is 2. The van der Waals surface area contributed by atoms with Gasteiger partial charge in [0, 0.05) is 5.41 Å². The lowest BCUT2D eigenvalue weighted by Gasteiger charge is -2.58. The van der Waals surface area contributed by atoms with Crippen molar-refractivity contribution >= 4 is 11.6 Å². The Kier molecular flexibility index (Phi) is 4.52. The number of anilines is 1. The molecule has 4 heteroatoms. The van der Waals surface area contributed by atoms with Crippen molar-refractivity contribution in [2.75, 3.05) is 5.32 Å². The zero-order valence-electron chi connectivity index (χ0n) is 15.9. The van der Waals surface area contributed by atoms with Gasteiger partial charge in [0.05, 0.1) is 17.3 Å². The Morgan fingerprint density at radius 3 is 2.31 bits per heavy atom. The van der Waals surface area contributed by atoms with Crippen LogP contribution in [-0.2, 0) is 4.79 Å². The minimum Gasteiger partial charge on any atom is -0.334 e. The van der Waals surface area contributed by atoms with Crippen molar-refractivity contribution in [1.29, 1.82) is 5.26 Å². The summed E-state index contributed by atoms with van der Waals surface area (Å²) in [7, 11) is 0. The number of benzene rings is 1. The third-order valence-electron chi connectivity index (χ3n) is 7.35. The minimum absolute atomic E-state index is 0.00993. The molecule has 138 valence electrons. The summed E-state index contributed by atoms with van der Waals surface area (Å²) < 4.78 is 0. The average molecular weight is 353 g/mol. The number of nitrogens with two attached hydrogens (primary N) is 1. The maximum Gasteiger partial charge on any atom is 0.282 e. The largest absolute Gasteiger partial charge is 0.334 e. The Hall–Kier alpha value is -1.86. The predicted molar refractivity (Wildman–Crippen MR) is 101 cm³/mol. The highest BCUT2D eigenvalue weighted by Gasteiger charge is 2.54. The molecule has 0 saturated heterocycles. The van der Waals surface area contributed by atoms with Crippen molar-refractivity contribution in [2.45, 2.75) is 64.5 Å². The number of amides is 1. The summed E-state index contributed by atoms with van der Waals surface area (Å²) in [6.45, 7) is 4.32. The first-order valence-electron chi connectivity index (χ1n) is 10.1. The number of carbonyl (C=O) groups is 1. The van der Waals surface area contributed by atoms with Crippen LogP contribution in [0.2, 0.25) is 0 Å². The lowest BCUT2D eigenvalue weighted by Crippen LogP contribution is -2.98. The van der Waals surface area contributed by atoms with Crippen LogP contribution in [0.25, 0.3) is 0 Å². The predicted octanol–water partition coefficient (Wildman–Crippen LogP) is 3.05. The zero-order valence-corrected chi connectivity index (χ0v) is 15.9. The number of quaternary nitrogens is 1. The molecule has 0 heterocycles. The molecule has 0 radical (unpaired) electrons. The van der Waals surface area contributed by atoms with E-state index in [2.05, 4.69) is 23.6 Å². The highest BCUT2D eigenvalue weighted by Crippen LogP contribution is 2.60. The minimum atomic E-state index is -0.148. The molecule has 0 aliphatic heterocycles. The number of rotatable bonds is 5. The van der Waals surface area contributed by atoms with Crippen molar-refractivity contribution in [3.8, 4) is 6.07 Å². The van der Waals surface area contributed by atoms with E-state index in [1.54, 1.807) is 12.1 Å². The van der Waals surface area contributed by atoms with Crippen LogP contribution < -0.4 is 10.6 Å². The highest BCUT2D eigenvalue weighted by molar-refractivity contribution is 5.94. The summed E-state index contributed by atoms with van der Waals surface area (Å²) in [5.41, 5.74) is 1.57. The standard InChI is InChI=1S/C22H29N3O/c1-14(21(26)25-20-6-4-3-5-19(20)13-23)24-15(2)22-10-16-7-17(11-22)9-18(8-16)12-22/h3-6,14-18,24H,7-12H2,1-2H3,(H,25,26)/p+1/t14-,15+,16?,17?,18?,22?/m1/s1. The van der Waals surface area contributed by atoms with Gasteiger partial charge in [0.15, 0.2) is 6.04 Å². The van der Waals surface area contributed by atoms with E-state index in [9.17, 15) is 10.1 Å². The summed E-state index contributed by atoms with van der Waals surface area (Å²) in [4.78, 5) is 12.7. The number of nitriles is 1. The van der Waals surface area contributed by atoms with Crippen LogP contribution in [-0.4, -0.2) is 18.0 Å². The Morgan fingerprint density at radius 2 is 1.73 bits per heavy atom. The smallest absolute Gasteiger partial charge is 0.282 e. The van der Waals surface area contributed by atoms with E-state index in [1.807, 2.05) is 19.1 Å². The monoisotopic (exact) mass is 352 g/mol. The number of carbonyl (C=O) groups excluding carboxylic acids is 1. The SMILES string of the molecule is C[C@H]([NH2+][C@H](C)C(=O)Nc1ccccc1C#N)C12CC3CC(CC(C3)C1)C2. The van der Waals surface area contributed by atoms with E-state index in [4.69, 9.17) is 0 Å². The van der Waals surface area contributed by atoms with Gasteiger partial charge in [-0.3, -0.25) is 4.79 Å². The first-order valence-corrected chi connectivity index (χ1v) is 10.1. The summed E-state index contributed by atoms with van der Waals surface area (Å²) >= 11 is 0. The number of para-hydroxylation sites is 1. The van der Waals surface area contributed by atoms with Crippen LogP contribution in [0, 0.1) is 34.5 Å². The van der Waals surface area contributed by atoms with Crippen molar-refractivity contribution < 1.29 is 10.1 Å². The molecule has 4 aliphatic carbocycles. The van der Waals surface area contributed by atoms with Crippen LogP contribution in [0.15, 0.2) is 24.3 Å². The van der Waals surface area contributed by atoms with Gasteiger partial charge in [-0.15, -0.1) is 0 Å². The van der Waals surface area contributed by atoms with Gasteiger partial charge >= 0.3 is 0 Å². The fraction of sp³-hybridized carbons (Fsp3) is 0.636. The van der Waals surface area contributed by atoms with Gasteiger partial charge < -0.3 is 10.6 Å². The van der Waals surface area contributed by atoms with Crippen LogP contribution >= 0.6 is 0 Å². The van der Waals surface area contributed by atoms with E-state index in [1.165, 1.54) is 38.5 Å². The van der Waals surface area contributed by atoms with Crippen molar-refractivity contribution in [1.82, 2.24) is 0 Å². The number of hydrogen-bond acceptors (Lipinski definition) is 2. The quantitative estimate of drug-likeness (QED) is 0.855. The molecule has 1 aromatic rings. The molecule has 4 aliphatic rings. The number of nitrogens with one attached hydrogen (secondary N) is 1. The second-order valence-corrected chi connectivity index (χ2v) is 9.20. The topological polar surface area (TPSA) is 69.5 Å². The fourth-order valence-electron chi connectivity index (χ4n) is 6.40. The normalized spacial score (nSPS) is 34.1. The first kappa shape index (κ1) is 17.5. The fourth-order valence-corrected chi connectivity index (χ4v) is 6.40. The third-order valence-corrected chi connectivity index (χ3v) is 7.35. The average Bonchev–Trinajstić information content (AvgIpc) is 2.61. The van der Waals surface area contributed by atoms with Gasteiger partial charge in [-0.05, 0) is 82.3 Å². The molecule has 0 spiro atoms. The van der Waals surface area contributed by atoms with Gasteiger partial charge in [0.1, 0.15) is 6.07 Å². The molecule has 1 amide bonds. The van der Waals surface area contributed by atoms with Gasteiger partial charge in [-0.2, -0.15) is 5.26 Å². The molecule has 1 aromatic carbocycles. The van der Waals surface area contributed by atoms with Gasteiger partial charge in [0.25, 0.3) is 5.91 Å². The summed E-state index contributed by atoms with van der Waals surface area (Å²) in [6, 6.07) is 9.68. The molecule has 4 saturated carbocycles. The van der Waals surface area contributed by atoms with Gasteiger partial charge in [-0.1, -0.05) is 12.1 Å². The molecule has 5 rings (SSSR count). The molecule has 4 nitrogen and oxygen atoms in total. The lowest BCUT2D eigenvalue weighted by molar-refractivity contribution is -0.718. The maximum atomic E-state index is 12.7. The summed E-state index contributed by atoms with van der Waals surface area (Å²) in [6.07, 6.45) is 8.44. The van der Waals surface area contributed by atoms with Crippen LogP contribution in [0.5, 0.6) is 0 Å². The van der Waals surface area contributed by atoms with Gasteiger partial charge in [-0.25, -0.2) is 0 Å². The summed E-state index contributed by atoms with van der Waals surface area (Å²) in [5.74, 6) is 2.79. The molecule has 0 unspecified atom stereocenters. The van der Waals surface area contributed by atoms with E-state index >= 15 is 0 Å². The maximum absolute atomic E-state index is 12.7. The van der Waals surface area contributed by atoms with Crippen molar-refractivity contribution in [2.24, 2.45) is 23.2 Å². The van der Waals surface area contributed by atoms with Crippen molar-refractivity contribution in [3.63, 3.8) is 0 Å². The van der Waals surface area contributed by atoms with Crippen LogP contribution in [0.4, 0.5) is 5.69 Å². The molecular weight excluding hydrogens is 322 g/mol.